The molecule has 5 heteroatoms. The average Bonchev–Trinajstić information content (AvgIpc) is 2.39. The van der Waals surface area contributed by atoms with Crippen molar-refractivity contribution < 1.29 is 9.90 Å². The summed E-state index contributed by atoms with van der Waals surface area (Å²) >= 11 is 0. The maximum Gasteiger partial charge on any atom is 0.270 e. The maximum absolute atomic E-state index is 10.3. The quantitative estimate of drug-likeness (QED) is 0.545. The van der Waals surface area contributed by atoms with Crippen molar-refractivity contribution in [3.63, 3.8) is 0 Å². The third kappa shape index (κ3) is 2.29. The Balaban J connectivity index is 0.000000461. The number of carbonyl (C=O) groups is 1. The van der Waals surface area contributed by atoms with E-state index in [2.05, 4.69) is 9.97 Å². The van der Waals surface area contributed by atoms with Crippen LogP contribution in [0.1, 0.15) is 24.3 Å². The largest absolute Gasteiger partial charge is 0.492 e. The molecule has 0 saturated heterocycles. The number of carbonyl (C=O) groups excluding carboxylic acids is 1. The molecule has 0 radical (unpaired) electrons. The fourth-order valence-electron chi connectivity index (χ4n) is 0.468. The van der Waals surface area contributed by atoms with Gasteiger partial charge in [-0.25, -0.2) is 4.98 Å². The summed E-state index contributed by atoms with van der Waals surface area (Å²) in [4.78, 5) is 16.0. The zero-order valence-corrected chi connectivity index (χ0v) is 6.46. The Labute approximate surface area is 64.3 Å². The van der Waals surface area contributed by atoms with Crippen molar-refractivity contribution in [3.8, 4) is 5.88 Å². The Morgan fingerprint density at radius 2 is 2.27 bits per heavy atom. The van der Waals surface area contributed by atoms with Gasteiger partial charge in [0.2, 0.25) is 5.88 Å². The number of amides is 1. The molecule has 0 atom stereocenters. The number of hydrogen-bond acceptors (Lipinski definition) is 3. The lowest BCUT2D eigenvalue weighted by atomic mass is 10.4. The zero-order chi connectivity index (χ0) is 8.85. The molecule has 0 unspecified atom stereocenters. The second-order valence-corrected chi connectivity index (χ2v) is 1.47. The Morgan fingerprint density at radius 3 is 2.45 bits per heavy atom. The number of aromatic hydroxyl groups is 1. The summed E-state index contributed by atoms with van der Waals surface area (Å²) in [7, 11) is 0. The van der Waals surface area contributed by atoms with Crippen LogP contribution in [0.2, 0.25) is 0 Å². The van der Waals surface area contributed by atoms with Crippen LogP contribution < -0.4 is 5.73 Å². The molecule has 0 aliphatic carbocycles. The van der Waals surface area contributed by atoms with Crippen LogP contribution in [-0.2, 0) is 0 Å². The second-order valence-electron chi connectivity index (χ2n) is 1.47. The molecular formula is C6H11N3O2. The van der Waals surface area contributed by atoms with Gasteiger partial charge in [-0.2, -0.15) is 0 Å². The molecule has 5 nitrogen and oxygen atoms in total. The second kappa shape index (κ2) is 4.32. The highest BCUT2D eigenvalue weighted by molar-refractivity contribution is 5.92. The number of imidazole rings is 1. The minimum Gasteiger partial charge on any atom is -0.492 e. The van der Waals surface area contributed by atoms with Gasteiger partial charge in [0.15, 0.2) is 5.69 Å². The first-order valence-corrected chi connectivity index (χ1v) is 3.24. The van der Waals surface area contributed by atoms with Gasteiger partial charge in [-0.15, -0.1) is 0 Å². The minimum absolute atomic E-state index is 0.0602. The topological polar surface area (TPSA) is 92.0 Å². The molecule has 1 amide bonds. The smallest absolute Gasteiger partial charge is 0.270 e. The van der Waals surface area contributed by atoms with Crippen molar-refractivity contribution in [2.24, 2.45) is 5.73 Å². The summed E-state index contributed by atoms with van der Waals surface area (Å²) in [5, 5.41) is 8.68. The number of rotatable bonds is 1. The van der Waals surface area contributed by atoms with Crippen LogP contribution in [0.5, 0.6) is 5.88 Å². The van der Waals surface area contributed by atoms with E-state index in [-0.39, 0.29) is 11.6 Å². The van der Waals surface area contributed by atoms with Crippen molar-refractivity contribution >= 4 is 5.91 Å². The van der Waals surface area contributed by atoms with Gasteiger partial charge in [0.1, 0.15) is 0 Å². The summed E-state index contributed by atoms with van der Waals surface area (Å²) in [5.41, 5.74) is 4.73. The van der Waals surface area contributed by atoms with E-state index in [1.165, 1.54) is 6.33 Å². The van der Waals surface area contributed by atoms with Crippen LogP contribution in [0.4, 0.5) is 0 Å². The summed E-state index contributed by atoms with van der Waals surface area (Å²) in [6, 6.07) is 0. The van der Waals surface area contributed by atoms with E-state index in [4.69, 9.17) is 10.8 Å². The van der Waals surface area contributed by atoms with E-state index >= 15 is 0 Å². The van der Waals surface area contributed by atoms with Crippen LogP contribution in [0.3, 0.4) is 0 Å². The van der Waals surface area contributed by atoms with Gasteiger partial charge in [0, 0.05) is 0 Å². The van der Waals surface area contributed by atoms with Crippen LogP contribution in [0.15, 0.2) is 6.33 Å². The molecule has 1 rings (SSSR count). The average molecular weight is 157 g/mol. The molecule has 0 aliphatic rings. The highest BCUT2D eigenvalue weighted by atomic mass is 16.3. The summed E-state index contributed by atoms with van der Waals surface area (Å²) in [6.45, 7) is 4.00. The molecule has 0 bridgehead atoms. The molecule has 1 aromatic rings. The van der Waals surface area contributed by atoms with E-state index in [1.54, 1.807) is 0 Å². The molecule has 62 valence electrons. The Morgan fingerprint density at radius 1 is 1.73 bits per heavy atom. The molecule has 0 spiro atoms. The normalized spacial score (nSPS) is 8.18. The number of H-pyrrole nitrogens is 1. The lowest BCUT2D eigenvalue weighted by Gasteiger charge is -1.85. The van der Waals surface area contributed by atoms with Gasteiger partial charge >= 0.3 is 0 Å². The lowest BCUT2D eigenvalue weighted by Crippen LogP contribution is -2.11. The predicted molar refractivity (Wildman–Crippen MR) is 40.1 cm³/mol. The molecule has 0 fully saturated rings. The van der Waals surface area contributed by atoms with Crippen molar-refractivity contribution in [1.29, 1.82) is 0 Å². The third-order valence-electron chi connectivity index (χ3n) is 0.866. The number of aromatic nitrogens is 2. The van der Waals surface area contributed by atoms with Crippen LogP contribution in [0.25, 0.3) is 0 Å². The number of hydrogen-bond donors (Lipinski definition) is 3. The Kier molecular flexibility index (Phi) is 3.72. The van der Waals surface area contributed by atoms with Crippen molar-refractivity contribution in [3.05, 3.63) is 12.0 Å². The highest BCUT2D eigenvalue weighted by Crippen LogP contribution is 2.06. The predicted octanol–water partition coefficient (Wildman–Crippen LogP) is 0.240. The van der Waals surface area contributed by atoms with Gasteiger partial charge in [-0.1, -0.05) is 13.8 Å². The summed E-state index contributed by atoms with van der Waals surface area (Å²) in [5.74, 6) is -1.08. The number of primary amides is 1. The zero-order valence-electron chi connectivity index (χ0n) is 6.46. The number of nitrogens with zero attached hydrogens (tertiary/aromatic N) is 1. The molecule has 0 saturated carbocycles. The van der Waals surface area contributed by atoms with Crippen LogP contribution >= 0.6 is 0 Å². The van der Waals surface area contributed by atoms with Gasteiger partial charge in [0.05, 0.1) is 6.33 Å². The fraction of sp³-hybridized carbons (Fsp3) is 0.333. The fourth-order valence-corrected chi connectivity index (χ4v) is 0.468. The monoisotopic (exact) mass is 157 g/mol. The van der Waals surface area contributed by atoms with E-state index in [0.717, 1.165) is 0 Å². The lowest BCUT2D eigenvalue weighted by molar-refractivity contribution is 0.0993. The van der Waals surface area contributed by atoms with Gasteiger partial charge in [-0.05, 0) is 0 Å². The summed E-state index contributed by atoms with van der Waals surface area (Å²) in [6.07, 6.45) is 1.19. The van der Waals surface area contributed by atoms with Crippen molar-refractivity contribution in [2.45, 2.75) is 13.8 Å². The molecule has 11 heavy (non-hydrogen) atoms. The summed E-state index contributed by atoms with van der Waals surface area (Å²) < 4.78 is 0. The first-order chi connectivity index (χ1) is 5.22. The Hall–Kier alpha value is -1.52. The first-order valence-electron chi connectivity index (χ1n) is 3.24. The number of nitrogens with one attached hydrogen (secondary N) is 1. The molecule has 1 heterocycles. The van der Waals surface area contributed by atoms with Gasteiger partial charge in [0.25, 0.3) is 5.91 Å². The minimum atomic E-state index is -0.718. The van der Waals surface area contributed by atoms with E-state index < -0.39 is 5.91 Å². The highest BCUT2D eigenvalue weighted by Gasteiger charge is 2.07. The third-order valence-corrected chi connectivity index (χ3v) is 0.866. The standard InChI is InChI=1S/C4H5N3O2.C2H6/c5-3(8)2-4(9)7-1-6-2;1-2/h1,9H,(H2,5,8)(H,6,7);1-2H3. The molecule has 0 aromatic carbocycles. The van der Waals surface area contributed by atoms with Crippen molar-refractivity contribution in [2.75, 3.05) is 0 Å². The molecule has 0 aliphatic heterocycles. The van der Waals surface area contributed by atoms with E-state index in [1.807, 2.05) is 13.8 Å². The Bertz CT molecular complexity index is 231. The number of aromatic amines is 1. The SMILES string of the molecule is CC.NC(=O)c1[nH]cnc1O. The molecule has 1 aromatic heterocycles. The van der Waals surface area contributed by atoms with Crippen LogP contribution in [0, 0.1) is 0 Å². The number of nitrogens with two attached hydrogens (primary N) is 1. The van der Waals surface area contributed by atoms with E-state index in [0.29, 0.717) is 0 Å². The van der Waals surface area contributed by atoms with Crippen LogP contribution in [-0.4, -0.2) is 21.0 Å². The maximum atomic E-state index is 10.3. The molecule has 4 N–H and O–H groups in total. The van der Waals surface area contributed by atoms with Crippen molar-refractivity contribution in [1.82, 2.24) is 9.97 Å². The van der Waals surface area contributed by atoms with Gasteiger partial charge < -0.3 is 15.8 Å². The first kappa shape index (κ1) is 9.48. The molecular weight excluding hydrogens is 146 g/mol. The van der Waals surface area contributed by atoms with Gasteiger partial charge in [-0.3, -0.25) is 4.79 Å². The van der Waals surface area contributed by atoms with E-state index in [9.17, 15) is 4.79 Å².